The first-order chi connectivity index (χ1) is 18.2. The Morgan fingerprint density at radius 2 is 1.49 bits per heavy atom. The standard InChI is InChI=1S/C25H26N2O5.C2HF3O2/c1-5-27-22(29)19-20(23(27)30)25(3,24(31)32-4)26-21(19)18-12-10-17(11-13-18)16-8-6-15(7-9-16)14(2)28;3-2(4,5)1(6)7/h6-13,19-21,26H,5H2,1-4H3;(H,6,7)/t19?,20?,21?,25-;/m1./s1. The summed E-state index contributed by atoms with van der Waals surface area (Å²) in [6.07, 6.45) is -5.08. The third-order valence-corrected chi connectivity index (χ3v) is 6.94. The van der Waals surface area contributed by atoms with Gasteiger partial charge in [-0.2, -0.15) is 13.2 Å². The van der Waals surface area contributed by atoms with Crippen molar-refractivity contribution in [3.05, 3.63) is 59.7 Å². The zero-order chi connectivity index (χ0) is 29.3. The van der Waals surface area contributed by atoms with E-state index in [1.165, 1.54) is 18.9 Å². The molecule has 2 aromatic rings. The maximum absolute atomic E-state index is 13.1. The van der Waals surface area contributed by atoms with Crippen LogP contribution in [-0.2, 0) is 23.9 Å². The van der Waals surface area contributed by atoms with Gasteiger partial charge in [0.25, 0.3) is 0 Å². The van der Waals surface area contributed by atoms with E-state index in [4.69, 9.17) is 14.6 Å². The van der Waals surface area contributed by atoms with Gasteiger partial charge in [0.1, 0.15) is 5.54 Å². The van der Waals surface area contributed by atoms with Gasteiger partial charge in [0, 0.05) is 18.2 Å². The molecule has 2 aliphatic heterocycles. The number of imide groups is 1. The molecular weight excluding hydrogens is 521 g/mol. The fraction of sp³-hybridized carbons (Fsp3) is 0.370. The lowest BCUT2D eigenvalue weighted by atomic mass is 9.80. The molecule has 2 aliphatic rings. The Balaban J connectivity index is 0.000000532. The molecule has 12 heteroatoms. The largest absolute Gasteiger partial charge is 0.490 e. The molecule has 9 nitrogen and oxygen atoms in total. The van der Waals surface area contributed by atoms with Crippen LogP contribution < -0.4 is 5.32 Å². The molecule has 0 spiro atoms. The molecule has 39 heavy (non-hydrogen) atoms. The summed E-state index contributed by atoms with van der Waals surface area (Å²) in [5.74, 6) is -5.40. The summed E-state index contributed by atoms with van der Waals surface area (Å²) in [7, 11) is 1.28. The number of carbonyl (C=O) groups is 5. The van der Waals surface area contributed by atoms with Gasteiger partial charge in [-0.25, -0.2) is 4.79 Å². The van der Waals surface area contributed by atoms with E-state index in [-0.39, 0.29) is 24.1 Å². The Hall–Kier alpha value is -4.06. The Morgan fingerprint density at radius 3 is 1.90 bits per heavy atom. The van der Waals surface area contributed by atoms with Crippen LogP contribution in [0, 0.1) is 11.8 Å². The second-order valence-electron chi connectivity index (χ2n) is 9.30. The molecule has 3 unspecified atom stereocenters. The lowest BCUT2D eigenvalue weighted by Gasteiger charge is -2.28. The molecule has 208 valence electrons. The number of amides is 2. The Bertz CT molecular complexity index is 1290. The number of aliphatic carboxylic acids is 1. The lowest BCUT2D eigenvalue weighted by Crippen LogP contribution is -2.53. The maximum Gasteiger partial charge on any atom is 0.490 e. The topological polar surface area (TPSA) is 130 Å². The highest BCUT2D eigenvalue weighted by Gasteiger charge is 2.66. The zero-order valence-corrected chi connectivity index (χ0v) is 21.5. The summed E-state index contributed by atoms with van der Waals surface area (Å²) < 4.78 is 36.7. The first-order valence-corrected chi connectivity index (χ1v) is 11.9. The number of fused-ring (bicyclic) bond motifs is 1. The Kier molecular flexibility index (Phi) is 8.30. The molecule has 0 radical (unpaired) electrons. The zero-order valence-electron chi connectivity index (χ0n) is 21.5. The van der Waals surface area contributed by atoms with Crippen molar-refractivity contribution in [2.24, 2.45) is 11.8 Å². The highest BCUT2D eigenvalue weighted by atomic mass is 19.4. The van der Waals surface area contributed by atoms with Crippen molar-refractivity contribution in [2.75, 3.05) is 13.7 Å². The number of hydrogen-bond donors (Lipinski definition) is 2. The molecule has 2 fully saturated rings. The minimum atomic E-state index is -5.08. The molecule has 4 rings (SSSR count). The molecule has 0 saturated carbocycles. The van der Waals surface area contributed by atoms with E-state index < -0.39 is 41.5 Å². The predicted octanol–water partition coefficient (Wildman–Crippen LogP) is 3.39. The van der Waals surface area contributed by atoms with Crippen LogP contribution in [0.3, 0.4) is 0 Å². The second-order valence-corrected chi connectivity index (χ2v) is 9.30. The normalized spacial score (nSPS) is 24.1. The smallest absolute Gasteiger partial charge is 0.475 e. The van der Waals surface area contributed by atoms with Gasteiger partial charge in [-0.05, 0) is 37.5 Å². The molecule has 0 aliphatic carbocycles. The number of halogens is 3. The molecule has 2 aromatic carbocycles. The Labute approximate surface area is 221 Å². The summed E-state index contributed by atoms with van der Waals surface area (Å²) in [5, 5.41) is 10.4. The summed E-state index contributed by atoms with van der Waals surface area (Å²) in [5.41, 5.74) is 2.09. The number of benzene rings is 2. The SMILES string of the molecule is CCN1C(=O)C2C(c3ccc(-c4ccc(C(C)=O)cc4)cc3)N[C@@](C)(C(=O)OC)C2C1=O.O=C(O)C(F)(F)F. The predicted molar refractivity (Wildman–Crippen MR) is 131 cm³/mol. The number of carbonyl (C=O) groups excluding carboxylic acids is 4. The van der Waals surface area contributed by atoms with Crippen LogP contribution in [-0.4, -0.2) is 64.9 Å². The summed E-state index contributed by atoms with van der Waals surface area (Å²) in [6.45, 7) is 5.18. The molecule has 4 atom stereocenters. The van der Waals surface area contributed by atoms with Gasteiger partial charge in [0.2, 0.25) is 11.8 Å². The van der Waals surface area contributed by atoms with Gasteiger partial charge in [0.15, 0.2) is 5.78 Å². The van der Waals surface area contributed by atoms with Crippen LogP contribution in [0.4, 0.5) is 13.2 Å². The number of alkyl halides is 3. The summed E-state index contributed by atoms with van der Waals surface area (Å²) in [6, 6.07) is 14.5. The van der Waals surface area contributed by atoms with Crippen molar-refractivity contribution in [1.29, 1.82) is 0 Å². The minimum absolute atomic E-state index is 0.0133. The quantitative estimate of drug-likeness (QED) is 0.331. The van der Waals surface area contributed by atoms with Gasteiger partial charge in [-0.15, -0.1) is 0 Å². The molecule has 2 N–H and O–H groups in total. The number of nitrogens with one attached hydrogen (secondary N) is 1. The van der Waals surface area contributed by atoms with Crippen LogP contribution in [0.1, 0.15) is 42.7 Å². The maximum atomic E-state index is 13.1. The number of nitrogens with zero attached hydrogens (tertiary/aromatic N) is 1. The molecule has 0 bridgehead atoms. The lowest BCUT2D eigenvalue weighted by molar-refractivity contribution is -0.192. The number of Topliss-reactive ketones (excluding diaryl/α,β-unsaturated/α-hetero) is 1. The number of carboxylic acids is 1. The fourth-order valence-electron chi connectivity index (χ4n) is 4.98. The monoisotopic (exact) mass is 548 g/mol. The van der Waals surface area contributed by atoms with E-state index in [0.29, 0.717) is 5.56 Å². The summed E-state index contributed by atoms with van der Waals surface area (Å²) in [4.78, 5) is 60.3. The number of likely N-dealkylation sites (tertiary alicyclic amines) is 1. The number of esters is 1. The molecule has 0 aromatic heterocycles. The second kappa shape index (κ2) is 11.0. The Morgan fingerprint density at radius 1 is 1.00 bits per heavy atom. The van der Waals surface area contributed by atoms with E-state index in [1.54, 1.807) is 26.0 Å². The number of ether oxygens (including phenoxy) is 1. The third kappa shape index (κ3) is 5.56. The van der Waals surface area contributed by atoms with Crippen molar-refractivity contribution in [3.8, 4) is 11.1 Å². The average molecular weight is 549 g/mol. The van der Waals surface area contributed by atoms with E-state index in [1.807, 2.05) is 36.4 Å². The first kappa shape index (κ1) is 29.5. The van der Waals surface area contributed by atoms with Crippen molar-refractivity contribution in [1.82, 2.24) is 10.2 Å². The number of rotatable bonds is 5. The number of hydrogen-bond acceptors (Lipinski definition) is 7. The molecule has 2 amide bonds. The minimum Gasteiger partial charge on any atom is -0.475 e. The number of carboxylic acid groups (broad SMARTS) is 1. The van der Waals surface area contributed by atoms with E-state index in [9.17, 15) is 32.3 Å². The average Bonchev–Trinajstić information content (AvgIpc) is 3.35. The van der Waals surface area contributed by atoms with Crippen molar-refractivity contribution in [2.45, 2.75) is 38.5 Å². The van der Waals surface area contributed by atoms with Crippen LogP contribution in [0.5, 0.6) is 0 Å². The van der Waals surface area contributed by atoms with Gasteiger partial charge in [-0.3, -0.25) is 29.4 Å². The van der Waals surface area contributed by atoms with Gasteiger partial charge < -0.3 is 9.84 Å². The number of ketones is 1. The van der Waals surface area contributed by atoms with Crippen molar-refractivity contribution >= 4 is 29.5 Å². The van der Waals surface area contributed by atoms with E-state index in [2.05, 4.69) is 5.32 Å². The van der Waals surface area contributed by atoms with Crippen LogP contribution in [0.25, 0.3) is 11.1 Å². The van der Waals surface area contributed by atoms with E-state index >= 15 is 0 Å². The van der Waals surface area contributed by atoms with Gasteiger partial charge in [0.05, 0.1) is 18.9 Å². The van der Waals surface area contributed by atoms with Crippen LogP contribution >= 0.6 is 0 Å². The van der Waals surface area contributed by atoms with Crippen molar-refractivity contribution in [3.63, 3.8) is 0 Å². The van der Waals surface area contributed by atoms with E-state index in [0.717, 1.165) is 16.7 Å². The van der Waals surface area contributed by atoms with Crippen LogP contribution in [0.2, 0.25) is 0 Å². The highest BCUT2D eigenvalue weighted by Crippen LogP contribution is 2.49. The molecule has 2 saturated heterocycles. The molecular formula is C27H27F3N2O7. The highest BCUT2D eigenvalue weighted by molar-refractivity contribution is 6.09. The number of methoxy groups -OCH3 is 1. The summed E-state index contributed by atoms with van der Waals surface area (Å²) >= 11 is 0. The van der Waals surface area contributed by atoms with Gasteiger partial charge in [-0.1, -0.05) is 48.5 Å². The van der Waals surface area contributed by atoms with Crippen LogP contribution in [0.15, 0.2) is 48.5 Å². The van der Waals surface area contributed by atoms with Crippen molar-refractivity contribution < 1.29 is 47.0 Å². The van der Waals surface area contributed by atoms with Gasteiger partial charge >= 0.3 is 18.1 Å². The first-order valence-electron chi connectivity index (χ1n) is 11.9. The molecule has 2 heterocycles. The fourth-order valence-corrected chi connectivity index (χ4v) is 4.98. The third-order valence-electron chi connectivity index (χ3n) is 6.94.